The van der Waals surface area contributed by atoms with Crippen LogP contribution < -0.4 is 24.4 Å². The first kappa shape index (κ1) is 24.5. The zero-order chi connectivity index (χ0) is 26.0. The van der Waals surface area contributed by atoms with Crippen molar-refractivity contribution in [3.63, 3.8) is 0 Å². The lowest BCUT2D eigenvalue weighted by atomic mass is 10.1. The van der Waals surface area contributed by atoms with Crippen molar-refractivity contribution in [3.05, 3.63) is 58.3 Å². The summed E-state index contributed by atoms with van der Waals surface area (Å²) in [7, 11) is 4.46. The number of rotatable bonds is 8. The molecule has 4 rings (SSSR count). The number of hydrogen-bond acceptors (Lipinski definition) is 8. The van der Waals surface area contributed by atoms with Gasteiger partial charge in [0.1, 0.15) is 5.82 Å². The van der Waals surface area contributed by atoms with Crippen LogP contribution in [0.4, 0.5) is 17.2 Å². The van der Waals surface area contributed by atoms with Crippen molar-refractivity contribution in [2.24, 2.45) is 5.92 Å². The summed E-state index contributed by atoms with van der Waals surface area (Å²) in [6, 6.07) is 10.8. The van der Waals surface area contributed by atoms with Gasteiger partial charge >= 0.3 is 0 Å². The number of hydrogen-bond donors (Lipinski definition) is 1. The summed E-state index contributed by atoms with van der Waals surface area (Å²) >= 11 is 0. The standard InChI is InChI=1S/C24H25N5O7/c1-14-9-21(28(26-14)16-5-7-17(8-6-16)29(32)33)25-24(31)15-10-22(30)27(13-15)18-11-19(34-2)23(36-4)20(12-18)35-3/h5-9,11-12,15H,10,13H2,1-4H3,(H,25,31). The van der Waals surface area contributed by atoms with Crippen molar-refractivity contribution in [1.29, 1.82) is 0 Å². The van der Waals surface area contributed by atoms with Crippen LogP contribution in [0.5, 0.6) is 17.2 Å². The monoisotopic (exact) mass is 495 g/mol. The van der Waals surface area contributed by atoms with E-state index in [2.05, 4.69) is 10.4 Å². The lowest BCUT2D eigenvalue weighted by Crippen LogP contribution is -2.28. The van der Waals surface area contributed by atoms with E-state index in [0.717, 1.165) is 0 Å². The van der Waals surface area contributed by atoms with Crippen molar-refractivity contribution < 1.29 is 28.7 Å². The molecule has 188 valence electrons. The zero-order valence-electron chi connectivity index (χ0n) is 20.2. The number of nitrogens with one attached hydrogen (secondary N) is 1. The third-order valence-corrected chi connectivity index (χ3v) is 5.84. The molecule has 1 aliphatic rings. The predicted octanol–water partition coefficient (Wildman–Crippen LogP) is 3.11. The Morgan fingerprint density at radius 2 is 1.69 bits per heavy atom. The summed E-state index contributed by atoms with van der Waals surface area (Å²) in [5, 5.41) is 18.2. The first-order valence-corrected chi connectivity index (χ1v) is 11.0. The summed E-state index contributed by atoms with van der Waals surface area (Å²) in [5.41, 5.74) is 1.66. The van der Waals surface area contributed by atoms with Crippen LogP contribution in [-0.4, -0.2) is 54.4 Å². The fraction of sp³-hybridized carbons (Fsp3) is 0.292. The van der Waals surface area contributed by atoms with Gasteiger partial charge in [-0.15, -0.1) is 0 Å². The minimum Gasteiger partial charge on any atom is -0.493 e. The number of ether oxygens (including phenoxy) is 3. The average molecular weight is 495 g/mol. The smallest absolute Gasteiger partial charge is 0.269 e. The molecule has 0 aliphatic carbocycles. The topological polar surface area (TPSA) is 138 Å². The SMILES string of the molecule is COc1cc(N2CC(C(=O)Nc3cc(C)nn3-c3ccc([N+](=O)[O-])cc3)CC2=O)cc(OC)c1OC. The molecule has 12 nitrogen and oxygen atoms in total. The molecule has 1 aliphatic heterocycles. The molecule has 0 radical (unpaired) electrons. The van der Waals surface area contributed by atoms with Crippen LogP contribution in [0.15, 0.2) is 42.5 Å². The fourth-order valence-electron chi connectivity index (χ4n) is 4.08. The van der Waals surface area contributed by atoms with Crippen LogP contribution in [0.2, 0.25) is 0 Å². The Bertz CT molecular complexity index is 1290. The predicted molar refractivity (Wildman–Crippen MR) is 130 cm³/mol. The van der Waals surface area contributed by atoms with Crippen LogP contribution >= 0.6 is 0 Å². The molecular weight excluding hydrogens is 470 g/mol. The van der Waals surface area contributed by atoms with Crippen LogP contribution in [0.25, 0.3) is 5.69 Å². The largest absolute Gasteiger partial charge is 0.493 e. The maximum absolute atomic E-state index is 13.1. The number of nitro benzene ring substituents is 1. The Labute approximate surface area is 206 Å². The number of nitrogens with zero attached hydrogens (tertiary/aromatic N) is 4. The van der Waals surface area contributed by atoms with Crippen LogP contribution in [0, 0.1) is 23.0 Å². The Morgan fingerprint density at radius 3 is 2.25 bits per heavy atom. The van der Waals surface area contributed by atoms with Gasteiger partial charge in [-0.05, 0) is 19.1 Å². The molecule has 0 bridgehead atoms. The van der Waals surface area contributed by atoms with Gasteiger partial charge in [-0.1, -0.05) is 0 Å². The summed E-state index contributed by atoms with van der Waals surface area (Å²) < 4.78 is 17.6. The maximum Gasteiger partial charge on any atom is 0.269 e. The zero-order valence-corrected chi connectivity index (χ0v) is 20.2. The van der Waals surface area contributed by atoms with Gasteiger partial charge in [0.2, 0.25) is 17.6 Å². The summed E-state index contributed by atoms with van der Waals surface area (Å²) in [5.74, 6) is 0.414. The molecule has 1 fully saturated rings. The summed E-state index contributed by atoms with van der Waals surface area (Å²) in [4.78, 5) is 37.9. The van der Waals surface area contributed by atoms with Gasteiger partial charge in [0.15, 0.2) is 11.5 Å². The highest BCUT2D eigenvalue weighted by Crippen LogP contribution is 2.42. The molecule has 36 heavy (non-hydrogen) atoms. The van der Waals surface area contributed by atoms with E-state index < -0.39 is 10.8 Å². The van der Waals surface area contributed by atoms with Gasteiger partial charge in [0, 0.05) is 43.3 Å². The number of nitro groups is 1. The molecule has 1 unspecified atom stereocenters. The van der Waals surface area contributed by atoms with Gasteiger partial charge in [0.05, 0.1) is 49.2 Å². The van der Waals surface area contributed by atoms with E-state index >= 15 is 0 Å². The molecular formula is C24H25N5O7. The third-order valence-electron chi connectivity index (χ3n) is 5.84. The van der Waals surface area contributed by atoms with Gasteiger partial charge in [-0.2, -0.15) is 5.10 Å². The van der Waals surface area contributed by atoms with E-state index in [4.69, 9.17) is 14.2 Å². The lowest BCUT2D eigenvalue weighted by molar-refractivity contribution is -0.384. The van der Waals surface area contributed by atoms with E-state index in [0.29, 0.717) is 40.1 Å². The minimum absolute atomic E-state index is 0.0210. The molecule has 1 saturated heterocycles. The molecule has 3 aromatic rings. The number of non-ortho nitro benzene ring substituents is 1. The van der Waals surface area contributed by atoms with Gasteiger partial charge < -0.3 is 24.4 Å². The van der Waals surface area contributed by atoms with Crippen molar-refractivity contribution in [1.82, 2.24) is 9.78 Å². The number of aryl methyl sites for hydroxylation is 1. The first-order chi connectivity index (χ1) is 17.2. The van der Waals surface area contributed by atoms with E-state index in [1.54, 1.807) is 37.3 Å². The molecule has 2 aromatic carbocycles. The molecule has 2 amide bonds. The highest BCUT2D eigenvalue weighted by molar-refractivity contribution is 6.03. The minimum atomic E-state index is -0.614. The number of methoxy groups -OCH3 is 3. The van der Waals surface area contributed by atoms with Crippen LogP contribution in [-0.2, 0) is 9.59 Å². The highest BCUT2D eigenvalue weighted by atomic mass is 16.6. The molecule has 1 aromatic heterocycles. The van der Waals surface area contributed by atoms with Crippen molar-refractivity contribution >= 4 is 29.0 Å². The molecule has 0 spiro atoms. The summed E-state index contributed by atoms with van der Waals surface area (Å²) in [6.45, 7) is 1.93. The lowest BCUT2D eigenvalue weighted by Gasteiger charge is -2.20. The van der Waals surface area contributed by atoms with Gasteiger partial charge in [0.25, 0.3) is 5.69 Å². The second kappa shape index (κ2) is 9.94. The van der Waals surface area contributed by atoms with E-state index in [1.807, 2.05) is 0 Å². The molecule has 1 N–H and O–H groups in total. The Morgan fingerprint density at radius 1 is 1.06 bits per heavy atom. The number of carbonyl (C=O) groups is 2. The van der Waals surface area contributed by atoms with Gasteiger partial charge in [-0.25, -0.2) is 4.68 Å². The normalized spacial score (nSPS) is 15.1. The second-order valence-corrected chi connectivity index (χ2v) is 8.13. The average Bonchev–Trinajstić information content (AvgIpc) is 3.45. The number of benzene rings is 2. The van der Waals surface area contributed by atoms with Crippen LogP contribution in [0.3, 0.4) is 0 Å². The van der Waals surface area contributed by atoms with Crippen molar-refractivity contribution in [2.75, 3.05) is 38.1 Å². The molecule has 1 atom stereocenters. The highest BCUT2D eigenvalue weighted by Gasteiger charge is 2.36. The van der Waals surface area contributed by atoms with E-state index in [-0.39, 0.29) is 30.5 Å². The van der Waals surface area contributed by atoms with Crippen molar-refractivity contribution in [3.8, 4) is 22.9 Å². The second-order valence-electron chi connectivity index (χ2n) is 8.13. The van der Waals surface area contributed by atoms with Gasteiger partial charge in [-0.3, -0.25) is 19.7 Å². The number of anilines is 2. The van der Waals surface area contributed by atoms with Crippen LogP contribution in [0.1, 0.15) is 12.1 Å². The molecule has 2 heterocycles. The third kappa shape index (κ3) is 4.65. The number of amides is 2. The number of aromatic nitrogens is 2. The van der Waals surface area contributed by atoms with E-state index in [9.17, 15) is 19.7 Å². The summed E-state index contributed by atoms with van der Waals surface area (Å²) in [6.07, 6.45) is 0.0210. The molecule has 0 saturated carbocycles. The Balaban J connectivity index is 1.54. The quantitative estimate of drug-likeness (QED) is 0.372. The maximum atomic E-state index is 13.1. The first-order valence-electron chi connectivity index (χ1n) is 11.0. The number of carbonyl (C=O) groups excluding carboxylic acids is 2. The van der Waals surface area contributed by atoms with Crippen molar-refractivity contribution in [2.45, 2.75) is 13.3 Å². The Hall–Kier alpha value is -4.61. The fourth-order valence-corrected chi connectivity index (χ4v) is 4.08. The Kier molecular flexibility index (Phi) is 6.77. The van der Waals surface area contributed by atoms with E-state index in [1.165, 1.54) is 43.0 Å². The molecule has 12 heteroatoms.